The van der Waals surface area contributed by atoms with Crippen LogP contribution in [0.15, 0.2) is 72.2 Å². The SMILES string of the molecule is CNN(/C(COc1ccc(C2(O)CCN(c3cc(C(=O)O)ccn3)CC2)c(Cl)c1)=C(\N)C1CC1)c1ccccc1OC(F)(F)F. The lowest BCUT2D eigenvalue weighted by atomic mass is 9.84. The van der Waals surface area contributed by atoms with Crippen LogP contribution in [0.1, 0.15) is 41.6 Å². The summed E-state index contributed by atoms with van der Waals surface area (Å²) in [6, 6.07) is 13.6. The Morgan fingerprint density at radius 2 is 1.89 bits per heavy atom. The number of piperidine rings is 1. The third-order valence-corrected chi connectivity index (χ3v) is 8.21. The summed E-state index contributed by atoms with van der Waals surface area (Å²) in [6.07, 6.45) is -1.09. The molecule has 0 bridgehead atoms. The van der Waals surface area contributed by atoms with Crippen LogP contribution in [0.3, 0.4) is 0 Å². The molecule has 10 nitrogen and oxygen atoms in total. The molecule has 1 aliphatic carbocycles. The summed E-state index contributed by atoms with van der Waals surface area (Å²) in [7, 11) is 1.56. The first kappa shape index (κ1) is 32.2. The summed E-state index contributed by atoms with van der Waals surface area (Å²) in [6.45, 7) is 0.755. The standard InChI is InChI=1S/C31H33ClF3N5O5/c1-37-40(24-4-2-3-5-26(24)45-31(33,34)35)25(28(36)19-6-7-19)18-44-21-8-9-22(23(32)17-21)30(43)11-14-39(15-12-30)27-16-20(29(41)42)10-13-38-27/h2-5,8-10,13,16-17,19,37,43H,6-7,11-12,14-15,18,36H2,1H3,(H,41,42)/b28-25-. The highest BCUT2D eigenvalue weighted by atomic mass is 35.5. The van der Waals surface area contributed by atoms with Crippen LogP contribution in [0.5, 0.6) is 11.5 Å². The highest BCUT2D eigenvalue weighted by molar-refractivity contribution is 6.31. The Morgan fingerprint density at radius 3 is 2.51 bits per heavy atom. The van der Waals surface area contributed by atoms with E-state index in [0.29, 0.717) is 54.5 Å². The van der Waals surface area contributed by atoms with Gasteiger partial charge in [-0.2, -0.15) is 0 Å². The molecule has 0 radical (unpaired) electrons. The van der Waals surface area contributed by atoms with E-state index in [4.69, 9.17) is 22.1 Å². The fraction of sp³-hybridized carbons (Fsp3) is 0.355. The van der Waals surface area contributed by atoms with Crippen LogP contribution in [0.4, 0.5) is 24.7 Å². The van der Waals surface area contributed by atoms with E-state index >= 15 is 0 Å². The van der Waals surface area contributed by atoms with Gasteiger partial charge in [0.15, 0.2) is 5.75 Å². The number of ether oxygens (including phenoxy) is 2. The molecule has 2 aliphatic rings. The van der Waals surface area contributed by atoms with E-state index < -0.39 is 23.7 Å². The minimum absolute atomic E-state index is 0.0722. The fourth-order valence-electron chi connectivity index (χ4n) is 5.37. The predicted octanol–water partition coefficient (Wildman–Crippen LogP) is 5.42. The van der Waals surface area contributed by atoms with Crippen molar-refractivity contribution < 1.29 is 37.7 Å². The number of aromatic nitrogens is 1. The van der Waals surface area contributed by atoms with Crippen molar-refractivity contribution >= 4 is 29.1 Å². The second-order valence-corrected chi connectivity index (χ2v) is 11.3. The minimum atomic E-state index is -4.89. The van der Waals surface area contributed by atoms with Crippen molar-refractivity contribution in [2.24, 2.45) is 11.7 Å². The lowest BCUT2D eigenvalue weighted by Crippen LogP contribution is -2.43. The Kier molecular flexibility index (Phi) is 9.33. The normalized spacial score (nSPS) is 17.0. The van der Waals surface area contributed by atoms with Crippen LogP contribution in [-0.2, 0) is 5.60 Å². The van der Waals surface area contributed by atoms with Gasteiger partial charge in [0.1, 0.15) is 18.2 Å². The zero-order chi connectivity index (χ0) is 32.4. The molecular formula is C31H33ClF3N5O5. The first-order valence-corrected chi connectivity index (χ1v) is 14.7. The van der Waals surface area contributed by atoms with Crippen molar-refractivity contribution in [1.82, 2.24) is 10.4 Å². The molecule has 3 aromatic rings. The van der Waals surface area contributed by atoms with Crippen molar-refractivity contribution in [3.8, 4) is 11.5 Å². The summed E-state index contributed by atoms with van der Waals surface area (Å²) in [5.41, 5.74) is 9.82. The number of nitrogens with one attached hydrogen (secondary N) is 1. The number of anilines is 2. The van der Waals surface area contributed by atoms with Crippen molar-refractivity contribution in [2.75, 3.05) is 36.7 Å². The highest BCUT2D eigenvalue weighted by Gasteiger charge is 2.37. The number of rotatable bonds is 11. The molecule has 240 valence electrons. The number of aromatic carboxylic acids is 1. The first-order valence-electron chi connectivity index (χ1n) is 14.3. The van der Waals surface area contributed by atoms with Crippen molar-refractivity contribution in [2.45, 2.75) is 37.6 Å². The molecule has 0 unspecified atom stereocenters. The van der Waals surface area contributed by atoms with E-state index in [2.05, 4.69) is 15.1 Å². The van der Waals surface area contributed by atoms with Crippen LogP contribution in [0, 0.1) is 5.92 Å². The Morgan fingerprint density at radius 1 is 1.18 bits per heavy atom. The maximum atomic E-state index is 13.1. The summed E-state index contributed by atoms with van der Waals surface area (Å²) in [5.74, 6) is -0.487. The second-order valence-electron chi connectivity index (χ2n) is 10.9. The second kappa shape index (κ2) is 13.0. The van der Waals surface area contributed by atoms with E-state index in [0.717, 1.165) is 12.8 Å². The predicted molar refractivity (Wildman–Crippen MR) is 162 cm³/mol. The lowest BCUT2D eigenvalue weighted by Gasteiger charge is -2.39. The van der Waals surface area contributed by atoms with Gasteiger partial charge < -0.3 is 30.3 Å². The molecular weight excluding hydrogens is 615 g/mol. The number of nitrogens with zero attached hydrogens (tertiary/aromatic N) is 3. The molecule has 0 amide bonds. The number of aliphatic hydroxyl groups is 1. The molecule has 5 rings (SSSR count). The Hall–Kier alpha value is -4.20. The molecule has 2 aromatic carbocycles. The quantitative estimate of drug-likeness (QED) is 0.200. The summed E-state index contributed by atoms with van der Waals surface area (Å²) in [4.78, 5) is 17.5. The summed E-state index contributed by atoms with van der Waals surface area (Å²) < 4.78 is 49.8. The molecule has 0 atom stereocenters. The molecule has 45 heavy (non-hydrogen) atoms. The number of hydrogen-bond donors (Lipinski definition) is 4. The van der Waals surface area contributed by atoms with Crippen molar-refractivity contribution in [3.63, 3.8) is 0 Å². The Bertz CT molecular complexity index is 1580. The van der Waals surface area contributed by atoms with Crippen molar-refractivity contribution in [3.05, 3.63) is 88.3 Å². The van der Waals surface area contributed by atoms with Gasteiger partial charge in [-0.05, 0) is 62.1 Å². The number of alkyl halides is 3. The summed E-state index contributed by atoms with van der Waals surface area (Å²) in [5, 5.41) is 22.5. The van der Waals surface area contributed by atoms with E-state index in [9.17, 15) is 28.2 Å². The number of carboxylic acid groups (broad SMARTS) is 1. The van der Waals surface area contributed by atoms with E-state index in [1.54, 1.807) is 31.3 Å². The number of pyridine rings is 1. The Labute approximate surface area is 262 Å². The molecule has 5 N–H and O–H groups in total. The third-order valence-electron chi connectivity index (χ3n) is 7.90. The van der Waals surface area contributed by atoms with Crippen LogP contribution >= 0.6 is 11.6 Å². The number of halogens is 4. The maximum absolute atomic E-state index is 13.1. The molecule has 2 heterocycles. The molecule has 1 aromatic heterocycles. The van der Waals surface area contributed by atoms with Crippen molar-refractivity contribution in [1.29, 1.82) is 0 Å². The van der Waals surface area contributed by atoms with Crippen LogP contribution in [-0.4, -0.2) is 54.3 Å². The van der Waals surface area contributed by atoms with Gasteiger partial charge >= 0.3 is 12.3 Å². The number of hydrazine groups is 1. The van der Waals surface area contributed by atoms with Gasteiger partial charge in [0, 0.05) is 43.5 Å². The number of hydrogen-bond acceptors (Lipinski definition) is 9. The maximum Gasteiger partial charge on any atom is 0.573 e. The average molecular weight is 648 g/mol. The minimum Gasteiger partial charge on any atom is -0.487 e. The largest absolute Gasteiger partial charge is 0.573 e. The van der Waals surface area contributed by atoms with Gasteiger partial charge in [-0.15, -0.1) is 13.2 Å². The fourth-order valence-corrected chi connectivity index (χ4v) is 5.72. The molecule has 1 aliphatic heterocycles. The van der Waals surface area contributed by atoms with E-state index in [1.807, 2.05) is 4.90 Å². The van der Waals surface area contributed by atoms with Crippen LogP contribution < -0.4 is 30.5 Å². The molecule has 14 heteroatoms. The number of nitrogens with two attached hydrogens (primary N) is 1. The number of carbonyl (C=O) groups is 1. The number of para-hydroxylation sites is 2. The smallest absolute Gasteiger partial charge is 0.487 e. The lowest BCUT2D eigenvalue weighted by molar-refractivity contribution is -0.274. The molecule has 1 saturated heterocycles. The monoisotopic (exact) mass is 647 g/mol. The zero-order valence-electron chi connectivity index (χ0n) is 24.4. The van der Waals surface area contributed by atoms with Gasteiger partial charge in [0.2, 0.25) is 0 Å². The van der Waals surface area contributed by atoms with Gasteiger partial charge in [0.05, 0.1) is 27.6 Å². The topological polar surface area (TPSA) is 133 Å². The number of allylic oxidation sites excluding steroid dienone is 1. The van der Waals surface area contributed by atoms with Gasteiger partial charge in [-0.25, -0.2) is 15.2 Å². The van der Waals surface area contributed by atoms with Crippen LogP contribution in [0.25, 0.3) is 0 Å². The number of carboxylic acids is 1. The van der Waals surface area contributed by atoms with E-state index in [1.165, 1.54) is 41.5 Å². The average Bonchev–Trinajstić information content (AvgIpc) is 3.85. The van der Waals surface area contributed by atoms with Gasteiger partial charge in [-0.1, -0.05) is 29.8 Å². The first-order chi connectivity index (χ1) is 21.4. The summed E-state index contributed by atoms with van der Waals surface area (Å²) >= 11 is 6.65. The van der Waals surface area contributed by atoms with E-state index in [-0.39, 0.29) is 28.8 Å². The van der Waals surface area contributed by atoms with Gasteiger partial charge in [-0.3, -0.25) is 5.01 Å². The third kappa shape index (κ3) is 7.55. The Balaban J connectivity index is 1.31. The van der Waals surface area contributed by atoms with Gasteiger partial charge in [0.25, 0.3) is 0 Å². The zero-order valence-corrected chi connectivity index (χ0v) is 25.1. The molecule has 0 spiro atoms. The highest BCUT2D eigenvalue weighted by Crippen LogP contribution is 2.41. The molecule has 1 saturated carbocycles. The van der Waals surface area contributed by atoms with Crippen LogP contribution in [0.2, 0.25) is 5.02 Å². The number of benzene rings is 2. The molecule has 2 fully saturated rings.